The third-order valence-corrected chi connectivity index (χ3v) is 4.79. The van der Waals surface area contributed by atoms with Crippen molar-refractivity contribution in [2.24, 2.45) is 0 Å². The van der Waals surface area contributed by atoms with Crippen molar-refractivity contribution in [1.82, 2.24) is 0 Å². The first-order valence-electron chi connectivity index (χ1n) is 6.39. The Morgan fingerprint density at radius 1 is 1.05 bits per heavy atom. The number of rotatable bonds is 6. The molecule has 0 spiro atoms. The third-order valence-electron chi connectivity index (χ3n) is 2.72. The van der Waals surface area contributed by atoms with Crippen LogP contribution in [0.4, 0.5) is 0 Å². The fourth-order valence-electron chi connectivity index (χ4n) is 1.86. The molecule has 0 heterocycles. The van der Waals surface area contributed by atoms with Crippen LogP contribution in [0.2, 0.25) is 0 Å². The van der Waals surface area contributed by atoms with Gasteiger partial charge in [-0.2, -0.15) is 0 Å². The molecule has 0 amide bonds. The summed E-state index contributed by atoms with van der Waals surface area (Å²) >= 11 is 0.233. The second-order valence-electron chi connectivity index (χ2n) is 4.13. The number of hydrogen-bond donors (Lipinski definition) is 0. The topological polar surface area (TPSA) is 9.23 Å². The van der Waals surface area contributed by atoms with E-state index in [2.05, 4.69) is 43.0 Å². The van der Waals surface area contributed by atoms with Gasteiger partial charge in [-0.25, -0.2) is 0 Å². The molecule has 0 aromatic heterocycles. The minimum absolute atomic E-state index is 0.00593. The zero-order valence-corrected chi connectivity index (χ0v) is 12.8. The standard InChI is InChI=1S/C17H18OSe/c1-3-18-17(15-10-6-4-7-11-15)14(2)19-16-12-8-5-9-13-16/h4-13,17H,2-3H2,1H3. The fourth-order valence-corrected chi connectivity index (χ4v) is 3.77. The molecule has 0 bridgehead atoms. The Labute approximate surface area is 121 Å². The zero-order chi connectivity index (χ0) is 13.5. The zero-order valence-electron chi connectivity index (χ0n) is 11.1. The predicted octanol–water partition coefficient (Wildman–Crippen LogP) is 3.31. The molecule has 2 aromatic rings. The van der Waals surface area contributed by atoms with Crippen LogP contribution in [0.3, 0.4) is 0 Å². The Bertz CT molecular complexity index is 507. The summed E-state index contributed by atoms with van der Waals surface area (Å²) in [5.41, 5.74) is 1.19. The van der Waals surface area contributed by atoms with Gasteiger partial charge >= 0.3 is 121 Å². The quantitative estimate of drug-likeness (QED) is 0.743. The van der Waals surface area contributed by atoms with Gasteiger partial charge in [0.2, 0.25) is 0 Å². The van der Waals surface area contributed by atoms with E-state index in [1.165, 1.54) is 10.0 Å². The van der Waals surface area contributed by atoms with E-state index in [0.29, 0.717) is 6.61 Å². The third kappa shape index (κ3) is 4.07. The van der Waals surface area contributed by atoms with Gasteiger partial charge in [-0.15, -0.1) is 0 Å². The summed E-state index contributed by atoms with van der Waals surface area (Å²) in [6.07, 6.45) is 0.00593. The molecule has 0 radical (unpaired) electrons. The average Bonchev–Trinajstić information content (AvgIpc) is 2.46. The number of hydrogen-bond acceptors (Lipinski definition) is 1. The molecule has 0 saturated carbocycles. The molecule has 0 fully saturated rings. The maximum absolute atomic E-state index is 5.88. The van der Waals surface area contributed by atoms with Crippen molar-refractivity contribution in [3.8, 4) is 0 Å². The van der Waals surface area contributed by atoms with Crippen molar-refractivity contribution < 1.29 is 4.74 Å². The molecule has 2 heteroatoms. The van der Waals surface area contributed by atoms with Gasteiger partial charge in [0.15, 0.2) is 0 Å². The van der Waals surface area contributed by atoms with Crippen molar-refractivity contribution >= 4 is 19.4 Å². The first-order valence-corrected chi connectivity index (χ1v) is 8.11. The van der Waals surface area contributed by atoms with Crippen molar-refractivity contribution in [2.75, 3.05) is 6.61 Å². The van der Waals surface area contributed by atoms with E-state index in [4.69, 9.17) is 4.74 Å². The van der Waals surface area contributed by atoms with E-state index in [1.54, 1.807) is 0 Å². The number of ether oxygens (including phenoxy) is 1. The predicted molar refractivity (Wildman–Crippen MR) is 81.8 cm³/mol. The minimum atomic E-state index is 0.00593. The van der Waals surface area contributed by atoms with Crippen molar-refractivity contribution in [2.45, 2.75) is 13.0 Å². The molecule has 2 rings (SSSR count). The first-order chi connectivity index (χ1) is 9.31. The van der Waals surface area contributed by atoms with E-state index in [0.717, 1.165) is 4.47 Å². The van der Waals surface area contributed by atoms with Crippen LogP contribution in [0.25, 0.3) is 0 Å². The Hall–Kier alpha value is -1.34. The SMILES string of the molecule is C=C([Se]c1ccccc1)C(OCC)c1ccccc1. The summed E-state index contributed by atoms with van der Waals surface area (Å²) in [6.45, 7) is 6.97. The molecule has 0 N–H and O–H groups in total. The monoisotopic (exact) mass is 318 g/mol. The van der Waals surface area contributed by atoms with Gasteiger partial charge in [0.25, 0.3) is 0 Å². The van der Waals surface area contributed by atoms with Crippen molar-refractivity contribution in [3.05, 3.63) is 77.3 Å². The molecule has 0 aliphatic heterocycles. The van der Waals surface area contributed by atoms with E-state index in [9.17, 15) is 0 Å². The Morgan fingerprint density at radius 2 is 1.63 bits per heavy atom. The van der Waals surface area contributed by atoms with Gasteiger partial charge in [0, 0.05) is 0 Å². The molecule has 1 atom stereocenters. The molecule has 98 valence electrons. The molecule has 0 saturated heterocycles. The summed E-state index contributed by atoms with van der Waals surface area (Å²) in [7, 11) is 0. The molecule has 1 nitrogen and oxygen atoms in total. The van der Waals surface area contributed by atoms with E-state index >= 15 is 0 Å². The molecular weight excluding hydrogens is 299 g/mol. The molecule has 19 heavy (non-hydrogen) atoms. The normalized spacial score (nSPS) is 12.1. The molecular formula is C17H18OSe. The van der Waals surface area contributed by atoms with Crippen LogP contribution in [0.5, 0.6) is 0 Å². The summed E-state index contributed by atoms with van der Waals surface area (Å²) in [4.78, 5) is 0. The van der Waals surface area contributed by atoms with Crippen LogP contribution in [-0.4, -0.2) is 21.6 Å². The van der Waals surface area contributed by atoms with Gasteiger partial charge in [-0.05, 0) is 0 Å². The number of benzene rings is 2. The Kier molecular flexibility index (Phi) is 5.41. The summed E-state index contributed by atoms with van der Waals surface area (Å²) in [5.74, 6) is 0. The fraction of sp³-hybridized carbons (Fsp3) is 0.176. The van der Waals surface area contributed by atoms with Crippen LogP contribution >= 0.6 is 0 Å². The van der Waals surface area contributed by atoms with Crippen LogP contribution in [-0.2, 0) is 4.74 Å². The average molecular weight is 317 g/mol. The maximum atomic E-state index is 5.88. The first kappa shape index (κ1) is 14.1. The van der Waals surface area contributed by atoms with Crippen LogP contribution < -0.4 is 4.46 Å². The van der Waals surface area contributed by atoms with Crippen molar-refractivity contribution in [3.63, 3.8) is 0 Å². The van der Waals surface area contributed by atoms with Crippen LogP contribution in [0.1, 0.15) is 18.6 Å². The Morgan fingerprint density at radius 3 is 2.21 bits per heavy atom. The molecule has 2 aromatic carbocycles. The van der Waals surface area contributed by atoms with E-state index < -0.39 is 0 Å². The summed E-state index contributed by atoms with van der Waals surface area (Å²) in [6, 6.07) is 20.8. The van der Waals surface area contributed by atoms with Gasteiger partial charge in [-0.3, -0.25) is 0 Å². The van der Waals surface area contributed by atoms with E-state index in [1.807, 2.05) is 31.2 Å². The van der Waals surface area contributed by atoms with Gasteiger partial charge < -0.3 is 0 Å². The Balaban J connectivity index is 2.13. The second-order valence-corrected chi connectivity index (χ2v) is 6.64. The van der Waals surface area contributed by atoms with E-state index in [-0.39, 0.29) is 21.1 Å². The van der Waals surface area contributed by atoms with Crippen LogP contribution in [0, 0.1) is 0 Å². The van der Waals surface area contributed by atoms with Gasteiger partial charge in [-0.1, -0.05) is 0 Å². The second kappa shape index (κ2) is 7.30. The van der Waals surface area contributed by atoms with Gasteiger partial charge in [0.05, 0.1) is 0 Å². The summed E-state index contributed by atoms with van der Waals surface area (Å²) in [5, 5.41) is 0. The van der Waals surface area contributed by atoms with Crippen LogP contribution in [0.15, 0.2) is 71.7 Å². The molecule has 0 aliphatic rings. The molecule has 1 unspecified atom stereocenters. The van der Waals surface area contributed by atoms with Crippen molar-refractivity contribution in [1.29, 1.82) is 0 Å². The molecule has 0 aliphatic carbocycles. The summed E-state index contributed by atoms with van der Waals surface area (Å²) < 4.78 is 8.37. The van der Waals surface area contributed by atoms with Gasteiger partial charge in [0.1, 0.15) is 0 Å².